The van der Waals surface area contributed by atoms with Gasteiger partial charge in [0.25, 0.3) is 0 Å². The first-order chi connectivity index (χ1) is 7.20. The quantitative estimate of drug-likeness (QED) is 0.755. The molecular formula is C13H15ClO. The van der Waals surface area contributed by atoms with Crippen molar-refractivity contribution in [1.82, 2.24) is 0 Å². The Bertz CT molecular complexity index is 396. The minimum absolute atomic E-state index is 0.514. The fraction of sp³-hybridized carbons (Fsp3) is 0.385. The maximum atomic E-state index is 10.2. The Morgan fingerprint density at radius 1 is 1.40 bits per heavy atom. The number of rotatable bonds is 2. The molecule has 0 bridgehead atoms. The Morgan fingerprint density at radius 3 is 2.87 bits per heavy atom. The fourth-order valence-corrected chi connectivity index (χ4v) is 2.25. The third-order valence-electron chi connectivity index (χ3n) is 2.94. The summed E-state index contributed by atoms with van der Waals surface area (Å²) in [6, 6.07) is 5.80. The smallest absolute Gasteiger partial charge is 0.101 e. The molecule has 0 amide bonds. The van der Waals surface area contributed by atoms with Crippen LogP contribution in [0, 0.1) is 6.92 Å². The number of benzene rings is 1. The van der Waals surface area contributed by atoms with E-state index in [1.165, 1.54) is 0 Å². The highest BCUT2D eigenvalue weighted by atomic mass is 35.5. The van der Waals surface area contributed by atoms with Crippen LogP contribution in [0.4, 0.5) is 0 Å². The van der Waals surface area contributed by atoms with E-state index >= 15 is 0 Å². The van der Waals surface area contributed by atoms with Crippen LogP contribution in [0.15, 0.2) is 29.8 Å². The Morgan fingerprint density at radius 2 is 2.20 bits per heavy atom. The van der Waals surface area contributed by atoms with Crippen LogP contribution < -0.4 is 0 Å². The summed E-state index contributed by atoms with van der Waals surface area (Å²) in [6.45, 7) is 1.96. The number of hydrogen-bond donors (Lipinski definition) is 1. The molecule has 1 nitrogen and oxygen atoms in total. The van der Waals surface area contributed by atoms with Gasteiger partial charge in [-0.3, -0.25) is 0 Å². The average Bonchev–Trinajstić information content (AvgIpc) is 2.74. The number of aryl methyl sites for hydroxylation is 1. The summed E-state index contributed by atoms with van der Waals surface area (Å²) in [5.74, 6) is 0. The zero-order chi connectivity index (χ0) is 10.8. The molecule has 0 heterocycles. The van der Waals surface area contributed by atoms with Crippen LogP contribution in [0.1, 0.15) is 36.5 Å². The summed E-state index contributed by atoms with van der Waals surface area (Å²) in [6.07, 6.45) is 4.83. The van der Waals surface area contributed by atoms with Gasteiger partial charge >= 0.3 is 0 Å². The van der Waals surface area contributed by atoms with Crippen LogP contribution in [-0.2, 0) is 0 Å². The van der Waals surface area contributed by atoms with E-state index < -0.39 is 6.10 Å². The summed E-state index contributed by atoms with van der Waals surface area (Å²) in [5.41, 5.74) is 2.97. The zero-order valence-corrected chi connectivity index (χ0v) is 9.59. The predicted octanol–water partition coefficient (Wildman–Crippen LogP) is 3.79. The second-order valence-electron chi connectivity index (χ2n) is 4.05. The number of hydrogen-bond acceptors (Lipinski definition) is 1. The Hall–Kier alpha value is -0.790. The molecule has 1 atom stereocenters. The van der Waals surface area contributed by atoms with Gasteiger partial charge in [0.1, 0.15) is 6.10 Å². The van der Waals surface area contributed by atoms with E-state index in [1.54, 1.807) is 0 Å². The summed E-state index contributed by atoms with van der Waals surface area (Å²) < 4.78 is 0. The van der Waals surface area contributed by atoms with Crippen molar-refractivity contribution in [3.05, 3.63) is 46.0 Å². The predicted molar refractivity (Wildman–Crippen MR) is 63.1 cm³/mol. The molecular weight excluding hydrogens is 208 g/mol. The van der Waals surface area contributed by atoms with Crippen LogP contribution in [0.5, 0.6) is 0 Å². The highest BCUT2D eigenvalue weighted by molar-refractivity contribution is 6.32. The molecule has 0 radical (unpaired) electrons. The molecule has 1 aromatic carbocycles. The summed E-state index contributed by atoms with van der Waals surface area (Å²) in [7, 11) is 0. The monoisotopic (exact) mass is 222 g/mol. The summed E-state index contributed by atoms with van der Waals surface area (Å²) >= 11 is 6.18. The lowest BCUT2D eigenvalue weighted by Crippen LogP contribution is -2.01. The van der Waals surface area contributed by atoms with Crippen molar-refractivity contribution in [2.45, 2.75) is 32.3 Å². The second kappa shape index (κ2) is 4.38. The fourth-order valence-electron chi connectivity index (χ4n) is 2.03. The lowest BCUT2D eigenvalue weighted by Gasteiger charge is -2.15. The third kappa shape index (κ3) is 2.09. The molecule has 1 aliphatic rings. The van der Waals surface area contributed by atoms with Crippen LogP contribution >= 0.6 is 11.6 Å². The topological polar surface area (TPSA) is 20.2 Å². The van der Waals surface area contributed by atoms with Crippen molar-refractivity contribution in [1.29, 1.82) is 0 Å². The van der Waals surface area contributed by atoms with Crippen molar-refractivity contribution in [2.24, 2.45) is 0 Å². The largest absolute Gasteiger partial charge is 0.384 e. The number of allylic oxidation sites excluding steroid dienone is 1. The molecule has 2 heteroatoms. The first-order valence-corrected chi connectivity index (χ1v) is 5.70. The van der Waals surface area contributed by atoms with Gasteiger partial charge in [-0.15, -0.1) is 0 Å². The van der Waals surface area contributed by atoms with Gasteiger partial charge in [-0.25, -0.2) is 0 Å². The highest BCUT2D eigenvalue weighted by Gasteiger charge is 2.18. The van der Waals surface area contributed by atoms with Gasteiger partial charge < -0.3 is 5.11 Å². The molecule has 80 valence electrons. The normalized spacial score (nSPS) is 17.7. The molecule has 0 aliphatic heterocycles. The molecule has 1 aromatic rings. The van der Waals surface area contributed by atoms with Gasteiger partial charge in [0.05, 0.1) is 0 Å². The Balaban J connectivity index is 2.32. The molecule has 0 saturated carbocycles. The van der Waals surface area contributed by atoms with Crippen molar-refractivity contribution in [3.63, 3.8) is 0 Å². The van der Waals surface area contributed by atoms with Crippen molar-refractivity contribution >= 4 is 11.6 Å². The van der Waals surface area contributed by atoms with E-state index in [2.05, 4.69) is 6.08 Å². The maximum Gasteiger partial charge on any atom is 0.101 e. The van der Waals surface area contributed by atoms with Crippen LogP contribution in [0.25, 0.3) is 0 Å². The number of aliphatic hydroxyl groups is 1. The van der Waals surface area contributed by atoms with E-state index in [1.807, 2.05) is 25.1 Å². The highest BCUT2D eigenvalue weighted by Crippen LogP contribution is 2.34. The van der Waals surface area contributed by atoms with Gasteiger partial charge in [-0.1, -0.05) is 35.9 Å². The van der Waals surface area contributed by atoms with Gasteiger partial charge in [0.15, 0.2) is 0 Å². The van der Waals surface area contributed by atoms with Crippen molar-refractivity contribution in [3.8, 4) is 0 Å². The second-order valence-corrected chi connectivity index (χ2v) is 4.43. The van der Waals surface area contributed by atoms with E-state index in [0.717, 1.165) is 36.0 Å². The van der Waals surface area contributed by atoms with Crippen LogP contribution in [0.2, 0.25) is 5.02 Å². The molecule has 1 aliphatic carbocycles. The molecule has 1 N–H and O–H groups in total. The van der Waals surface area contributed by atoms with Crippen molar-refractivity contribution in [2.75, 3.05) is 0 Å². The van der Waals surface area contributed by atoms with E-state index in [4.69, 9.17) is 11.6 Å². The third-order valence-corrected chi connectivity index (χ3v) is 3.46. The Labute approximate surface area is 95.4 Å². The standard InChI is InChI=1S/C13H15ClO/c1-9-5-4-8-11(12(9)14)13(15)10-6-2-3-7-10/h4-6,8,13,15H,2-3,7H2,1H3. The molecule has 2 rings (SSSR count). The number of aliphatic hydroxyl groups excluding tert-OH is 1. The van der Waals surface area contributed by atoms with Crippen molar-refractivity contribution < 1.29 is 5.11 Å². The van der Waals surface area contributed by atoms with Gasteiger partial charge in [0, 0.05) is 10.6 Å². The minimum Gasteiger partial charge on any atom is -0.384 e. The summed E-state index contributed by atoms with van der Waals surface area (Å²) in [5, 5.41) is 10.9. The number of halogens is 1. The lowest BCUT2D eigenvalue weighted by molar-refractivity contribution is 0.212. The zero-order valence-electron chi connectivity index (χ0n) is 8.83. The maximum absolute atomic E-state index is 10.2. The van der Waals surface area contributed by atoms with E-state index in [-0.39, 0.29) is 0 Å². The van der Waals surface area contributed by atoms with Gasteiger partial charge in [0.2, 0.25) is 0 Å². The molecule has 0 saturated heterocycles. The molecule has 0 fully saturated rings. The molecule has 0 spiro atoms. The van der Waals surface area contributed by atoms with E-state index in [9.17, 15) is 5.11 Å². The van der Waals surface area contributed by atoms with Gasteiger partial charge in [-0.2, -0.15) is 0 Å². The summed E-state index contributed by atoms with van der Waals surface area (Å²) in [4.78, 5) is 0. The first-order valence-electron chi connectivity index (χ1n) is 5.32. The molecule has 1 unspecified atom stereocenters. The van der Waals surface area contributed by atoms with E-state index in [0.29, 0.717) is 5.02 Å². The minimum atomic E-state index is -0.514. The SMILES string of the molecule is Cc1cccc(C(O)C2=CCCC2)c1Cl. The molecule has 15 heavy (non-hydrogen) atoms. The van der Waals surface area contributed by atoms with Gasteiger partial charge in [-0.05, 0) is 37.3 Å². The average molecular weight is 223 g/mol. The van der Waals surface area contributed by atoms with Crippen LogP contribution in [-0.4, -0.2) is 5.11 Å². The Kier molecular flexibility index (Phi) is 3.13. The molecule has 0 aromatic heterocycles. The lowest BCUT2D eigenvalue weighted by atomic mass is 9.99. The first kappa shape index (κ1) is 10.7. The van der Waals surface area contributed by atoms with Crippen LogP contribution in [0.3, 0.4) is 0 Å².